The third kappa shape index (κ3) is 4.47. The van der Waals surface area contributed by atoms with Crippen molar-refractivity contribution >= 4 is 15.8 Å². The summed E-state index contributed by atoms with van der Waals surface area (Å²) < 4.78 is 42.4. The molecule has 1 aliphatic rings. The second-order valence-corrected chi connectivity index (χ2v) is 7.84. The van der Waals surface area contributed by atoms with Crippen LogP contribution in [0.4, 0.5) is 0 Å². The molecule has 0 bridgehead atoms. The summed E-state index contributed by atoms with van der Waals surface area (Å²) in [5, 5.41) is 0. The van der Waals surface area contributed by atoms with Gasteiger partial charge in [-0.2, -0.15) is 4.31 Å². The van der Waals surface area contributed by atoms with E-state index >= 15 is 0 Å². The summed E-state index contributed by atoms with van der Waals surface area (Å²) in [5.74, 6) is 0.676. The maximum atomic E-state index is 12.6. The number of sulfonamides is 1. The number of carbonyl (C=O) groups excluding carboxylic acids is 1. The minimum absolute atomic E-state index is 0.171. The number of benzene rings is 2. The Labute approximate surface area is 158 Å². The molecule has 0 amide bonds. The second-order valence-electron chi connectivity index (χ2n) is 5.90. The molecule has 1 saturated heterocycles. The van der Waals surface area contributed by atoms with Crippen LogP contribution in [-0.4, -0.2) is 58.5 Å². The Hall–Kier alpha value is -2.42. The zero-order chi connectivity index (χ0) is 19.3. The Balaban J connectivity index is 1.65. The lowest BCUT2D eigenvalue weighted by molar-refractivity contribution is 0.0730. The molecule has 144 valence electrons. The number of Topliss-reactive ketones (excluding diaryl/α,β-unsaturated/α-hetero) is 1. The molecular formula is C19H21NO6S. The van der Waals surface area contributed by atoms with Gasteiger partial charge in [-0.15, -0.1) is 0 Å². The van der Waals surface area contributed by atoms with Gasteiger partial charge in [0.1, 0.15) is 11.5 Å². The summed E-state index contributed by atoms with van der Waals surface area (Å²) >= 11 is 0. The molecule has 1 heterocycles. The Morgan fingerprint density at radius 1 is 1.07 bits per heavy atom. The van der Waals surface area contributed by atoms with E-state index in [9.17, 15) is 13.2 Å². The van der Waals surface area contributed by atoms with Crippen LogP contribution in [0.15, 0.2) is 53.4 Å². The van der Waals surface area contributed by atoms with Crippen molar-refractivity contribution in [1.29, 1.82) is 0 Å². The van der Waals surface area contributed by atoms with E-state index in [1.807, 2.05) is 0 Å². The normalized spacial score (nSPS) is 15.3. The summed E-state index contributed by atoms with van der Waals surface area (Å²) in [6.45, 7) is 1.30. The largest absolute Gasteiger partial charge is 0.496 e. The van der Waals surface area contributed by atoms with Crippen LogP contribution in [-0.2, 0) is 14.8 Å². The molecule has 1 aliphatic heterocycles. The highest BCUT2D eigenvalue weighted by Crippen LogP contribution is 2.22. The molecule has 0 aliphatic carbocycles. The van der Waals surface area contributed by atoms with Gasteiger partial charge in [0.2, 0.25) is 15.8 Å². The summed E-state index contributed by atoms with van der Waals surface area (Å²) in [6.07, 6.45) is 0. The average molecular weight is 391 g/mol. The Kier molecular flexibility index (Phi) is 6.10. The fourth-order valence-electron chi connectivity index (χ4n) is 2.75. The van der Waals surface area contributed by atoms with Crippen LogP contribution < -0.4 is 9.47 Å². The number of rotatable bonds is 7. The van der Waals surface area contributed by atoms with Gasteiger partial charge < -0.3 is 14.2 Å². The molecule has 0 radical (unpaired) electrons. The molecule has 2 aromatic rings. The van der Waals surface area contributed by atoms with E-state index < -0.39 is 10.0 Å². The first-order valence-corrected chi connectivity index (χ1v) is 9.93. The molecule has 7 nitrogen and oxygen atoms in total. The first-order valence-electron chi connectivity index (χ1n) is 8.49. The van der Waals surface area contributed by atoms with Gasteiger partial charge in [0.25, 0.3) is 0 Å². The smallest absolute Gasteiger partial charge is 0.243 e. The van der Waals surface area contributed by atoms with Gasteiger partial charge in [0, 0.05) is 13.1 Å². The quantitative estimate of drug-likeness (QED) is 0.672. The topological polar surface area (TPSA) is 82.1 Å². The monoisotopic (exact) mass is 391 g/mol. The molecule has 3 rings (SSSR count). The molecule has 27 heavy (non-hydrogen) atoms. The van der Waals surface area contributed by atoms with Crippen molar-refractivity contribution < 1.29 is 27.4 Å². The molecule has 1 fully saturated rings. The third-order valence-electron chi connectivity index (χ3n) is 4.21. The van der Waals surface area contributed by atoms with Crippen molar-refractivity contribution in [1.82, 2.24) is 4.31 Å². The number of hydrogen-bond acceptors (Lipinski definition) is 6. The van der Waals surface area contributed by atoms with Crippen LogP contribution in [0.3, 0.4) is 0 Å². The molecular weight excluding hydrogens is 370 g/mol. The summed E-state index contributed by atoms with van der Waals surface area (Å²) in [5.41, 5.74) is 0.437. The summed E-state index contributed by atoms with van der Waals surface area (Å²) in [7, 11) is -2.05. The lowest BCUT2D eigenvalue weighted by atomic mass is 10.1. The Morgan fingerprint density at radius 3 is 2.41 bits per heavy atom. The number of morpholine rings is 1. The predicted molar refractivity (Wildman–Crippen MR) is 98.8 cm³/mol. The van der Waals surface area contributed by atoms with Gasteiger partial charge in [0.15, 0.2) is 6.61 Å². The maximum absolute atomic E-state index is 12.6. The van der Waals surface area contributed by atoms with Crippen LogP contribution in [0.1, 0.15) is 10.4 Å². The highest BCUT2D eigenvalue weighted by molar-refractivity contribution is 7.89. The van der Waals surface area contributed by atoms with Crippen LogP contribution in [0, 0.1) is 0 Å². The minimum Gasteiger partial charge on any atom is -0.496 e. The first kappa shape index (κ1) is 19.3. The SMILES string of the molecule is COc1ccccc1C(=O)COc1ccc(S(=O)(=O)N2CCOCC2)cc1. The molecule has 0 atom stereocenters. The number of carbonyl (C=O) groups is 1. The molecule has 0 saturated carbocycles. The van der Waals surface area contributed by atoms with Gasteiger partial charge in [0.05, 0.1) is 30.8 Å². The van der Waals surface area contributed by atoms with Crippen molar-refractivity contribution in [2.75, 3.05) is 40.0 Å². The van der Waals surface area contributed by atoms with E-state index in [0.29, 0.717) is 43.4 Å². The average Bonchev–Trinajstić information content (AvgIpc) is 2.73. The molecule has 0 unspecified atom stereocenters. The van der Waals surface area contributed by atoms with E-state index in [1.165, 1.54) is 23.5 Å². The van der Waals surface area contributed by atoms with Crippen LogP contribution in [0.5, 0.6) is 11.5 Å². The summed E-state index contributed by atoms with van der Waals surface area (Å²) in [6, 6.07) is 13.0. The van der Waals surface area contributed by atoms with E-state index in [2.05, 4.69) is 0 Å². The molecule has 0 N–H and O–H groups in total. The van der Waals surface area contributed by atoms with E-state index in [1.54, 1.807) is 36.4 Å². The van der Waals surface area contributed by atoms with Crippen molar-refractivity contribution in [3.05, 3.63) is 54.1 Å². The van der Waals surface area contributed by atoms with E-state index in [0.717, 1.165) is 0 Å². The van der Waals surface area contributed by atoms with Crippen molar-refractivity contribution in [2.24, 2.45) is 0 Å². The maximum Gasteiger partial charge on any atom is 0.243 e. The number of hydrogen-bond donors (Lipinski definition) is 0. The first-order chi connectivity index (χ1) is 13.0. The third-order valence-corrected chi connectivity index (χ3v) is 6.12. The number of ketones is 1. The number of ether oxygens (including phenoxy) is 3. The minimum atomic E-state index is -3.55. The van der Waals surface area contributed by atoms with Gasteiger partial charge in [-0.3, -0.25) is 4.79 Å². The lowest BCUT2D eigenvalue weighted by Crippen LogP contribution is -2.40. The fourth-order valence-corrected chi connectivity index (χ4v) is 4.15. The fraction of sp³-hybridized carbons (Fsp3) is 0.316. The van der Waals surface area contributed by atoms with E-state index in [4.69, 9.17) is 14.2 Å². The van der Waals surface area contributed by atoms with Crippen molar-refractivity contribution in [3.8, 4) is 11.5 Å². The second kappa shape index (κ2) is 8.51. The highest BCUT2D eigenvalue weighted by Gasteiger charge is 2.26. The van der Waals surface area contributed by atoms with Crippen LogP contribution in [0.2, 0.25) is 0 Å². The van der Waals surface area contributed by atoms with Gasteiger partial charge in [-0.25, -0.2) is 8.42 Å². The standard InChI is InChI=1S/C19H21NO6S/c1-24-19-5-3-2-4-17(19)18(21)14-26-15-6-8-16(9-7-15)27(22,23)20-10-12-25-13-11-20/h2-9H,10-14H2,1H3. The number of para-hydroxylation sites is 1. The zero-order valence-corrected chi connectivity index (χ0v) is 15.8. The Bertz CT molecular complexity index is 889. The van der Waals surface area contributed by atoms with Crippen molar-refractivity contribution in [3.63, 3.8) is 0 Å². The van der Waals surface area contributed by atoms with Gasteiger partial charge in [-0.05, 0) is 36.4 Å². The van der Waals surface area contributed by atoms with Crippen molar-refractivity contribution in [2.45, 2.75) is 4.90 Å². The predicted octanol–water partition coefficient (Wildman–Crippen LogP) is 1.98. The number of nitrogens with zero attached hydrogens (tertiary/aromatic N) is 1. The number of methoxy groups -OCH3 is 1. The molecule has 2 aromatic carbocycles. The lowest BCUT2D eigenvalue weighted by Gasteiger charge is -2.26. The highest BCUT2D eigenvalue weighted by atomic mass is 32.2. The van der Waals surface area contributed by atoms with Crippen LogP contribution in [0.25, 0.3) is 0 Å². The molecule has 8 heteroatoms. The zero-order valence-electron chi connectivity index (χ0n) is 15.0. The van der Waals surface area contributed by atoms with Gasteiger partial charge >= 0.3 is 0 Å². The van der Waals surface area contributed by atoms with Gasteiger partial charge in [-0.1, -0.05) is 12.1 Å². The summed E-state index contributed by atoms with van der Waals surface area (Å²) in [4.78, 5) is 12.5. The van der Waals surface area contributed by atoms with Crippen LogP contribution >= 0.6 is 0 Å². The Morgan fingerprint density at radius 2 is 1.74 bits per heavy atom. The molecule has 0 spiro atoms. The molecule has 0 aromatic heterocycles. The van der Waals surface area contributed by atoms with E-state index in [-0.39, 0.29) is 17.3 Å².